The molecule has 0 saturated heterocycles. The van der Waals surface area contributed by atoms with E-state index in [1.165, 1.54) is 4.31 Å². The van der Waals surface area contributed by atoms with Gasteiger partial charge >= 0.3 is 0 Å². The molecule has 0 aliphatic carbocycles. The van der Waals surface area contributed by atoms with Gasteiger partial charge in [0.1, 0.15) is 16.5 Å². The van der Waals surface area contributed by atoms with Crippen molar-refractivity contribution >= 4 is 10.0 Å². The number of rotatable bonds is 2. The molecule has 0 atom stereocenters. The molecule has 0 saturated carbocycles. The highest BCUT2D eigenvalue weighted by molar-refractivity contribution is 7.89. The van der Waals surface area contributed by atoms with Crippen LogP contribution in [0.2, 0.25) is 0 Å². The van der Waals surface area contributed by atoms with E-state index in [0.717, 1.165) is 23.3 Å². The van der Waals surface area contributed by atoms with Crippen molar-refractivity contribution in [3.63, 3.8) is 0 Å². The first-order valence-corrected chi connectivity index (χ1v) is 7.94. The van der Waals surface area contributed by atoms with Crippen LogP contribution < -0.4 is 0 Å². The van der Waals surface area contributed by atoms with E-state index in [-0.39, 0.29) is 13.1 Å². The smallest absolute Gasteiger partial charge is 0.207 e. The number of hydrogen-bond acceptors (Lipinski definition) is 2. The van der Waals surface area contributed by atoms with Gasteiger partial charge in [0.2, 0.25) is 10.0 Å². The first-order chi connectivity index (χ1) is 9.98. The van der Waals surface area contributed by atoms with Gasteiger partial charge in [0.05, 0.1) is 0 Å². The van der Waals surface area contributed by atoms with Crippen LogP contribution in [0.25, 0.3) is 0 Å². The molecule has 110 valence electrons. The van der Waals surface area contributed by atoms with Crippen molar-refractivity contribution in [1.29, 1.82) is 0 Å². The van der Waals surface area contributed by atoms with Crippen molar-refractivity contribution in [1.82, 2.24) is 4.31 Å². The summed E-state index contributed by atoms with van der Waals surface area (Å²) in [5.74, 6) is -1.86. The maximum Gasteiger partial charge on any atom is 0.246 e. The third-order valence-electron chi connectivity index (χ3n) is 3.61. The highest BCUT2D eigenvalue weighted by Crippen LogP contribution is 2.26. The summed E-state index contributed by atoms with van der Waals surface area (Å²) in [6.07, 6.45) is 0.582. The maximum atomic E-state index is 13.8. The summed E-state index contributed by atoms with van der Waals surface area (Å²) < 4.78 is 52.9. The van der Waals surface area contributed by atoms with Gasteiger partial charge in [0.25, 0.3) is 0 Å². The average Bonchev–Trinajstić information content (AvgIpc) is 2.46. The minimum absolute atomic E-state index is 0.204. The molecule has 3 rings (SSSR count). The standard InChI is InChI=1S/C15H13F2NO2S/c16-13-5-6-15(14(17)9-13)21(19,20)18-8-7-11-3-1-2-4-12(11)10-18/h1-6,9H,7-8,10H2. The molecule has 1 aliphatic heterocycles. The van der Waals surface area contributed by atoms with Crippen LogP contribution in [-0.2, 0) is 23.0 Å². The molecular formula is C15H13F2NO2S. The molecule has 2 aromatic rings. The predicted octanol–water partition coefficient (Wildman–Crippen LogP) is 2.71. The van der Waals surface area contributed by atoms with Crippen LogP contribution in [0.4, 0.5) is 8.78 Å². The molecule has 6 heteroatoms. The summed E-state index contributed by atoms with van der Waals surface area (Å²) >= 11 is 0. The van der Waals surface area contributed by atoms with E-state index in [9.17, 15) is 17.2 Å². The van der Waals surface area contributed by atoms with Gasteiger partial charge in [-0.15, -0.1) is 0 Å². The molecule has 0 N–H and O–H groups in total. The zero-order valence-corrected chi connectivity index (χ0v) is 11.9. The van der Waals surface area contributed by atoms with Crippen molar-refractivity contribution in [2.75, 3.05) is 6.54 Å². The molecule has 0 aromatic heterocycles. The Morgan fingerprint density at radius 2 is 1.71 bits per heavy atom. The van der Waals surface area contributed by atoms with Crippen molar-refractivity contribution in [2.24, 2.45) is 0 Å². The second-order valence-corrected chi connectivity index (χ2v) is 6.84. The SMILES string of the molecule is O=S(=O)(c1ccc(F)cc1F)N1CCc2ccccc2C1. The van der Waals surface area contributed by atoms with Crippen LogP contribution in [-0.4, -0.2) is 19.3 Å². The Balaban J connectivity index is 1.97. The van der Waals surface area contributed by atoms with Crippen LogP contribution >= 0.6 is 0 Å². The third kappa shape index (κ3) is 2.56. The molecule has 1 heterocycles. The number of benzene rings is 2. The molecular weight excluding hydrogens is 296 g/mol. The Kier molecular flexibility index (Phi) is 3.51. The number of fused-ring (bicyclic) bond motifs is 1. The average molecular weight is 309 g/mol. The van der Waals surface area contributed by atoms with E-state index < -0.39 is 26.6 Å². The summed E-state index contributed by atoms with van der Waals surface area (Å²) in [6, 6.07) is 10.1. The second-order valence-electron chi connectivity index (χ2n) is 4.93. The van der Waals surface area contributed by atoms with E-state index in [0.29, 0.717) is 12.5 Å². The van der Waals surface area contributed by atoms with E-state index in [2.05, 4.69) is 0 Å². The highest BCUT2D eigenvalue weighted by atomic mass is 32.2. The third-order valence-corrected chi connectivity index (χ3v) is 5.49. The van der Waals surface area contributed by atoms with Crippen molar-refractivity contribution in [2.45, 2.75) is 17.9 Å². The molecule has 0 unspecified atom stereocenters. The fourth-order valence-corrected chi connectivity index (χ4v) is 3.96. The summed E-state index contributed by atoms with van der Waals surface area (Å²) in [4.78, 5) is -0.483. The van der Waals surface area contributed by atoms with Crippen molar-refractivity contribution in [3.05, 3.63) is 65.2 Å². The van der Waals surface area contributed by atoms with E-state index in [1.807, 2.05) is 24.3 Å². The number of halogens is 2. The zero-order valence-electron chi connectivity index (χ0n) is 11.1. The zero-order chi connectivity index (χ0) is 15.0. The largest absolute Gasteiger partial charge is 0.246 e. The maximum absolute atomic E-state index is 13.8. The molecule has 1 aliphatic rings. The van der Waals surface area contributed by atoms with Gasteiger partial charge in [-0.3, -0.25) is 0 Å². The first-order valence-electron chi connectivity index (χ1n) is 6.50. The fraction of sp³-hybridized carbons (Fsp3) is 0.200. The number of nitrogens with zero attached hydrogens (tertiary/aromatic N) is 1. The lowest BCUT2D eigenvalue weighted by atomic mass is 10.0. The lowest BCUT2D eigenvalue weighted by molar-refractivity contribution is 0.388. The Morgan fingerprint density at radius 3 is 2.43 bits per heavy atom. The van der Waals surface area contributed by atoms with Gasteiger partial charge in [-0.25, -0.2) is 17.2 Å². The van der Waals surface area contributed by atoms with Crippen molar-refractivity contribution in [3.8, 4) is 0 Å². The van der Waals surface area contributed by atoms with Crippen LogP contribution in [0.3, 0.4) is 0 Å². The number of sulfonamides is 1. The van der Waals surface area contributed by atoms with Gasteiger partial charge in [-0.1, -0.05) is 24.3 Å². The summed E-state index contributed by atoms with van der Waals surface area (Å²) in [5, 5.41) is 0. The summed E-state index contributed by atoms with van der Waals surface area (Å²) in [5.41, 5.74) is 2.01. The second kappa shape index (κ2) is 5.20. The normalized spacial score (nSPS) is 15.7. The molecule has 0 radical (unpaired) electrons. The summed E-state index contributed by atoms with van der Waals surface area (Å²) in [6.45, 7) is 0.492. The van der Waals surface area contributed by atoms with Crippen LogP contribution in [0.1, 0.15) is 11.1 Å². The van der Waals surface area contributed by atoms with Gasteiger partial charge in [-0.05, 0) is 29.7 Å². The van der Waals surface area contributed by atoms with E-state index >= 15 is 0 Å². The van der Waals surface area contributed by atoms with Crippen molar-refractivity contribution < 1.29 is 17.2 Å². The topological polar surface area (TPSA) is 37.4 Å². The Labute approximate surface area is 121 Å². The molecule has 0 fully saturated rings. The molecule has 0 bridgehead atoms. The molecule has 0 amide bonds. The Hall–Kier alpha value is -1.79. The lowest BCUT2D eigenvalue weighted by Gasteiger charge is -2.28. The quantitative estimate of drug-likeness (QED) is 0.855. The van der Waals surface area contributed by atoms with Gasteiger partial charge < -0.3 is 0 Å². The monoisotopic (exact) mass is 309 g/mol. The Morgan fingerprint density at radius 1 is 1.00 bits per heavy atom. The fourth-order valence-electron chi connectivity index (χ4n) is 2.50. The highest BCUT2D eigenvalue weighted by Gasteiger charge is 2.30. The van der Waals surface area contributed by atoms with Gasteiger partial charge in [0.15, 0.2) is 0 Å². The van der Waals surface area contributed by atoms with Crippen LogP contribution in [0, 0.1) is 11.6 Å². The predicted molar refractivity (Wildman–Crippen MR) is 74.1 cm³/mol. The van der Waals surface area contributed by atoms with Crippen LogP contribution in [0.5, 0.6) is 0 Å². The van der Waals surface area contributed by atoms with Gasteiger partial charge in [0, 0.05) is 19.2 Å². The Bertz CT molecular complexity index is 790. The van der Waals surface area contributed by atoms with E-state index in [4.69, 9.17) is 0 Å². The number of hydrogen-bond donors (Lipinski definition) is 0. The molecule has 2 aromatic carbocycles. The van der Waals surface area contributed by atoms with Gasteiger partial charge in [-0.2, -0.15) is 4.31 Å². The lowest BCUT2D eigenvalue weighted by Crippen LogP contribution is -2.36. The molecule has 0 spiro atoms. The molecule has 3 nitrogen and oxygen atoms in total. The molecule has 21 heavy (non-hydrogen) atoms. The summed E-state index contributed by atoms with van der Waals surface area (Å²) in [7, 11) is -3.96. The minimum Gasteiger partial charge on any atom is -0.207 e. The minimum atomic E-state index is -3.96. The van der Waals surface area contributed by atoms with Crippen LogP contribution in [0.15, 0.2) is 47.4 Å². The first kappa shape index (κ1) is 14.2. The van der Waals surface area contributed by atoms with E-state index in [1.54, 1.807) is 0 Å².